The Balaban J connectivity index is 2.37. The van der Waals surface area contributed by atoms with Crippen LogP contribution in [0.5, 0.6) is 0 Å². The van der Waals surface area contributed by atoms with Crippen molar-refractivity contribution in [2.24, 2.45) is 11.3 Å². The maximum absolute atomic E-state index is 14.3. The Bertz CT molecular complexity index is 427. The van der Waals surface area contributed by atoms with Gasteiger partial charge in [0.1, 0.15) is 5.82 Å². The number of hydrogen-bond acceptors (Lipinski definition) is 1. The van der Waals surface area contributed by atoms with E-state index in [9.17, 15) is 4.39 Å². The molecule has 0 aliphatic heterocycles. The van der Waals surface area contributed by atoms with Gasteiger partial charge in [-0.2, -0.15) is 0 Å². The molecule has 0 spiro atoms. The Hall–Kier alpha value is -0.890. The minimum atomic E-state index is -0.0545. The molecule has 0 radical (unpaired) electrons. The van der Waals surface area contributed by atoms with Crippen molar-refractivity contribution < 1.29 is 4.39 Å². The van der Waals surface area contributed by atoms with Gasteiger partial charge in [-0.25, -0.2) is 4.39 Å². The highest BCUT2D eigenvalue weighted by Crippen LogP contribution is 2.58. The third-order valence-electron chi connectivity index (χ3n) is 4.21. The number of nitrogens with one attached hydrogen (secondary N) is 1. The zero-order valence-electron chi connectivity index (χ0n) is 12.1. The van der Waals surface area contributed by atoms with Crippen LogP contribution in [0.1, 0.15) is 49.9 Å². The van der Waals surface area contributed by atoms with Crippen molar-refractivity contribution in [3.8, 4) is 0 Å². The molecule has 1 saturated carbocycles. The number of hydrogen-bond donors (Lipinski definition) is 1. The van der Waals surface area contributed by atoms with Crippen LogP contribution in [0, 0.1) is 31.0 Å². The van der Waals surface area contributed by atoms with Gasteiger partial charge in [-0.1, -0.05) is 26.8 Å². The van der Waals surface area contributed by atoms with Crippen molar-refractivity contribution in [2.45, 2.75) is 47.1 Å². The summed E-state index contributed by atoms with van der Waals surface area (Å²) < 4.78 is 14.3. The number of halogens is 1. The highest BCUT2D eigenvalue weighted by atomic mass is 19.1. The van der Waals surface area contributed by atoms with Gasteiger partial charge in [0.2, 0.25) is 0 Å². The van der Waals surface area contributed by atoms with E-state index >= 15 is 0 Å². The highest BCUT2D eigenvalue weighted by Gasteiger charge is 2.51. The van der Waals surface area contributed by atoms with Crippen molar-refractivity contribution in [3.63, 3.8) is 0 Å². The molecule has 1 nitrogen and oxygen atoms in total. The van der Waals surface area contributed by atoms with E-state index in [0.29, 0.717) is 11.3 Å². The van der Waals surface area contributed by atoms with Crippen LogP contribution in [0.3, 0.4) is 0 Å². The fourth-order valence-corrected chi connectivity index (χ4v) is 3.06. The normalized spacial score (nSPS) is 22.9. The van der Waals surface area contributed by atoms with Crippen molar-refractivity contribution in [1.29, 1.82) is 0 Å². The summed E-state index contributed by atoms with van der Waals surface area (Å²) in [6.07, 6.45) is 1.18. The van der Waals surface area contributed by atoms with Crippen LogP contribution in [0.4, 0.5) is 4.39 Å². The average Bonchev–Trinajstić information content (AvgIpc) is 2.84. The first kappa shape index (κ1) is 13.5. The predicted octanol–water partition coefficient (Wildman–Crippen LogP) is 4.14. The van der Waals surface area contributed by atoms with Gasteiger partial charge in [0.15, 0.2) is 0 Å². The van der Waals surface area contributed by atoms with E-state index in [4.69, 9.17) is 0 Å². The van der Waals surface area contributed by atoms with Gasteiger partial charge in [0.25, 0.3) is 0 Å². The van der Waals surface area contributed by atoms with Gasteiger partial charge < -0.3 is 5.32 Å². The second-order valence-corrected chi connectivity index (χ2v) is 6.31. The van der Waals surface area contributed by atoms with E-state index in [1.807, 2.05) is 13.8 Å². The van der Waals surface area contributed by atoms with Gasteiger partial charge in [-0.05, 0) is 55.3 Å². The molecule has 0 amide bonds. The fourth-order valence-electron chi connectivity index (χ4n) is 3.06. The molecule has 2 atom stereocenters. The third kappa shape index (κ3) is 2.44. The quantitative estimate of drug-likeness (QED) is 0.845. The molecule has 0 bridgehead atoms. The molecular formula is C16H24FN. The topological polar surface area (TPSA) is 12.0 Å². The van der Waals surface area contributed by atoms with Crippen LogP contribution in [-0.2, 0) is 0 Å². The van der Waals surface area contributed by atoms with Crippen LogP contribution in [0.15, 0.2) is 12.1 Å². The molecule has 0 saturated heterocycles. The first-order chi connectivity index (χ1) is 8.36. The van der Waals surface area contributed by atoms with Gasteiger partial charge in [-0.15, -0.1) is 0 Å². The molecule has 100 valence electrons. The summed E-state index contributed by atoms with van der Waals surface area (Å²) in [5.41, 5.74) is 3.29. The van der Waals surface area contributed by atoms with Crippen molar-refractivity contribution >= 4 is 0 Å². The Morgan fingerprint density at radius 2 is 2.00 bits per heavy atom. The Morgan fingerprint density at radius 3 is 2.44 bits per heavy atom. The van der Waals surface area contributed by atoms with Crippen LogP contribution >= 0.6 is 0 Å². The highest BCUT2D eigenvalue weighted by molar-refractivity contribution is 5.36. The molecular weight excluding hydrogens is 225 g/mol. The lowest BCUT2D eigenvalue weighted by atomic mass is 9.92. The molecule has 2 heteroatoms. The van der Waals surface area contributed by atoms with Crippen molar-refractivity contribution in [1.82, 2.24) is 5.32 Å². The van der Waals surface area contributed by atoms with Gasteiger partial charge in [-0.3, -0.25) is 0 Å². The maximum atomic E-state index is 14.3. The molecule has 1 aromatic carbocycles. The fraction of sp³-hybridized carbons (Fsp3) is 0.625. The molecule has 1 fully saturated rings. The summed E-state index contributed by atoms with van der Waals surface area (Å²) in [6, 6.07) is 3.89. The van der Waals surface area contributed by atoms with Crippen LogP contribution in [0.25, 0.3) is 0 Å². The van der Waals surface area contributed by atoms with Crippen LogP contribution in [0.2, 0.25) is 0 Å². The summed E-state index contributed by atoms with van der Waals surface area (Å²) in [7, 11) is 0. The van der Waals surface area contributed by atoms with E-state index in [1.165, 1.54) is 6.42 Å². The summed E-state index contributed by atoms with van der Waals surface area (Å²) in [5.74, 6) is 0.495. The number of aryl methyl sites for hydroxylation is 2. The lowest BCUT2D eigenvalue weighted by molar-refractivity contribution is 0.408. The summed E-state index contributed by atoms with van der Waals surface area (Å²) in [6.45, 7) is 11.5. The first-order valence-electron chi connectivity index (χ1n) is 6.87. The molecule has 2 rings (SSSR count). The summed E-state index contributed by atoms with van der Waals surface area (Å²) in [4.78, 5) is 0. The van der Waals surface area contributed by atoms with Crippen LogP contribution in [-0.4, -0.2) is 6.54 Å². The maximum Gasteiger partial charge on any atom is 0.128 e. The van der Waals surface area contributed by atoms with Crippen LogP contribution < -0.4 is 5.32 Å². The lowest BCUT2D eigenvalue weighted by Crippen LogP contribution is -2.26. The molecule has 18 heavy (non-hydrogen) atoms. The number of benzene rings is 1. The largest absolute Gasteiger partial charge is 0.310 e. The third-order valence-corrected chi connectivity index (χ3v) is 4.21. The second-order valence-electron chi connectivity index (χ2n) is 6.31. The van der Waals surface area contributed by atoms with Crippen molar-refractivity contribution in [2.75, 3.05) is 6.54 Å². The summed E-state index contributed by atoms with van der Waals surface area (Å²) >= 11 is 0. The van der Waals surface area contributed by atoms with Crippen molar-refractivity contribution in [3.05, 3.63) is 34.6 Å². The monoisotopic (exact) mass is 249 g/mol. The predicted molar refractivity (Wildman–Crippen MR) is 74.2 cm³/mol. The van der Waals surface area contributed by atoms with E-state index in [2.05, 4.69) is 32.2 Å². The van der Waals surface area contributed by atoms with E-state index in [0.717, 1.165) is 23.2 Å². The first-order valence-corrected chi connectivity index (χ1v) is 6.87. The smallest absolute Gasteiger partial charge is 0.128 e. The molecule has 1 N–H and O–H groups in total. The Kier molecular flexibility index (Phi) is 3.50. The SMILES string of the molecule is CCNC(c1c(C)cc(C)cc1F)C1CC1(C)C. The zero-order chi connectivity index (χ0) is 13.5. The van der Waals surface area contributed by atoms with Gasteiger partial charge in [0, 0.05) is 11.6 Å². The molecule has 1 aromatic rings. The molecule has 1 aliphatic rings. The van der Waals surface area contributed by atoms with Gasteiger partial charge in [0.05, 0.1) is 0 Å². The molecule has 1 aliphatic carbocycles. The van der Waals surface area contributed by atoms with Gasteiger partial charge >= 0.3 is 0 Å². The number of rotatable bonds is 4. The van der Waals surface area contributed by atoms with E-state index in [1.54, 1.807) is 6.07 Å². The molecule has 0 aromatic heterocycles. The Morgan fingerprint density at radius 1 is 1.39 bits per heavy atom. The average molecular weight is 249 g/mol. The summed E-state index contributed by atoms with van der Waals surface area (Å²) in [5, 5.41) is 3.48. The minimum absolute atomic E-state index is 0.0545. The standard InChI is InChI=1S/C16H24FN/c1-6-18-15(12-9-16(12,4)5)14-11(3)7-10(2)8-13(14)17/h7-8,12,15,18H,6,9H2,1-5H3. The molecule has 2 unspecified atom stereocenters. The van der Waals surface area contributed by atoms with E-state index in [-0.39, 0.29) is 11.9 Å². The lowest BCUT2D eigenvalue weighted by Gasteiger charge is -2.23. The van der Waals surface area contributed by atoms with E-state index < -0.39 is 0 Å². The second kappa shape index (κ2) is 4.65. The molecule has 0 heterocycles. The minimum Gasteiger partial charge on any atom is -0.310 e. The Labute approximate surface area is 110 Å². The zero-order valence-corrected chi connectivity index (χ0v) is 12.1.